The zero-order valence-electron chi connectivity index (χ0n) is 8.04. The first-order valence-electron chi connectivity index (χ1n) is 4.51. The van der Waals surface area contributed by atoms with E-state index in [0.29, 0.717) is 11.7 Å². The molecule has 0 spiro atoms. The Labute approximate surface area is 78.7 Å². The van der Waals surface area contributed by atoms with E-state index in [9.17, 15) is 5.11 Å². The zero-order valence-corrected chi connectivity index (χ0v) is 8.04. The minimum Gasteiger partial charge on any atom is -0.508 e. The Morgan fingerprint density at radius 3 is 2.46 bits per heavy atom. The van der Waals surface area contributed by atoms with Crippen LogP contribution in [0.25, 0.3) is 0 Å². The molecule has 68 valence electrons. The number of phenols is 1. The molecule has 1 atom stereocenters. The van der Waals surface area contributed by atoms with Gasteiger partial charge in [-0.05, 0) is 23.1 Å². The molecule has 13 heavy (non-hydrogen) atoms. The monoisotopic (exact) mass is 174 g/mol. The van der Waals surface area contributed by atoms with Gasteiger partial charge in [-0.25, -0.2) is 0 Å². The third-order valence-corrected chi connectivity index (χ3v) is 3.02. The lowest BCUT2D eigenvalue weighted by atomic mass is 10.0. The first-order chi connectivity index (χ1) is 6.03. The normalized spacial score (nSPS) is 24.5. The summed E-state index contributed by atoms with van der Waals surface area (Å²) in [5, 5.41) is 9.32. The predicted molar refractivity (Wildman–Crippen MR) is 53.8 cm³/mol. The second-order valence-corrected chi connectivity index (χ2v) is 4.27. The van der Waals surface area contributed by atoms with Crippen LogP contribution in [0.15, 0.2) is 36.4 Å². The number of phenolic OH excluding ortho intramolecular Hbond substituents is 1. The van der Waals surface area contributed by atoms with Crippen LogP contribution < -0.4 is 0 Å². The van der Waals surface area contributed by atoms with E-state index in [1.165, 1.54) is 11.1 Å². The van der Waals surface area contributed by atoms with Crippen LogP contribution >= 0.6 is 0 Å². The summed E-state index contributed by atoms with van der Waals surface area (Å²) in [5.74, 6) is 0.771. The van der Waals surface area contributed by atoms with Crippen molar-refractivity contribution in [3.63, 3.8) is 0 Å². The SMILES string of the molecule is C=C1C(c2cccc(O)c2)C1(C)C. The summed E-state index contributed by atoms with van der Waals surface area (Å²) in [6.45, 7) is 8.39. The molecule has 1 unspecified atom stereocenters. The van der Waals surface area contributed by atoms with E-state index in [0.717, 1.165) is 0 Å². The fourth-order valence-corrected chi connectivity index (χ4v) is 1.96. The van der Waals surface area contributed by atoms with Crippen molar-refractivity contribution in [2.24, 2.45) is 5.41 Å². The van der Waals surface area contributed by atoms with Crippen LogP contribution in [0.5, 0.6) is 5.75 Å². The topological polar surface area (TPSA) is 20.2 Å². The number of hydrogen-bond acceptors (Lipinski definition) is 1. The molecule has 1 N–H and O–H groups in total. The number of rotatable bonds is 1. The van der Waals surface area contributed by atoms with E-state index in [1.54, 1.807) is 6.07 Å². The molecule has 0 saturated heterocycles. The van der Waals surface area contributed by atoms with Crippen LogP contribution in [0, 0.1) is 5.41 Å². The van der Waals surface area contributed by atoms with Crippen LogP contribution in [0.4, 0.5) is 0 Å². The molecule has 1 aromatic carbocycles. The molecule has 0 aromatic heterocycles. The zero-order chi connectivity index (χ0) is 9.64. The van der Waals surface area contributed by atoms with Gasteiger partial charge in [-0.15, -0.1) is 0 Å². The van der Waals surface area contributed by atoms with Crippen molar-refractivity contribution < 1.29 is 5.11 Å². The van der Waals surface area contributed by atoms with E-state index in [4.69, 9.17) is 0 Å². The van der Waals surface area contributed by atoms with E-state index in [2.05, 4.69) is 20.4 Å². The molecule has 1 aliphatic rings. The van der Waals surface area contributed by atoms with Crippen LogP contribution in [0.2, 0.25) is 0 Å². The van der Waals surface area contributed by atoms with Crippen molar-refractivity contribution in [2.75, 3.05) is 0 Å². The largest absolute Gasteiger partial charge is 0.508 e. The van der Waals surface area contributed by atoms with Gasteiger partial charge in [-0.1, -0.05) is 38.1 Å². The first-order valence-corrected chi connectivity index (χ1v) is 4.51. The van der Waals surface area contributed by atoms with Gasteiger partial charge >= 0.3 is 0 Å². The molecule has 1 nitrogen and oxygen atoms in total. The molecule has 2 rings (SSSR count). The maximum atomic E-state index is 9.32. The lowest BCUT2D eigenvalue weighted by Crippen LogP contribution is -1.88. The maximum Gasteiger partial charge on any atom is 0.115 e. The molecule has 0 aliphatic heterocycles. The Kier molecular flexibility index (Phi) is 1.53. The van der Waals surface area contributed by atoms with Gasteiger partial charge in [0.2, 0.25) is 0 Å². The van der Waals surface area contributed by atoms with Gasteiger partial charge in [0.1, 0.15) is 5.75 Å². The molecule has 0 amide bonds. The summed E-state index contributed by atoms with van der Waals surface area (Å²) in [6.07, 6.45) is 0. The van der Waals surface area contributed by atoms with Crippen LogP contribution in [-0.4, -0.2) is 5.11 Å². The average Bonchev–Trinajstić information content (AvgIpc) is 2.51. The summed E-state index contributed by atoms with van der Waals surface area (Å²) in [5.41, 5.74) is 2.65. The van der Waals surface area contributed by atoms with Gasteiger partial charge in [0, 0.05) is 5.92 Å². The van der Waals surface area contributed by atoms with Gasteiger partial charge in [0.05, 0.1) is 0 Å². The highest BCUT2D eigenvalue weighted by molar-refractivity contribution is 5.49. The highest BCUT2D eigenvalue weighted by Crippen LogP contribution is 2.63. The first kappa shape index (κ1) is 8.36. The molecular weight excluding hydrogens is 160 g/mol. The number of hydrogen-bond donors (Lipinski definition) is 1. The Hall–Kier alpha value is -1.24. The molecule has 0 bridgehead atoms. The van der Waals surface area contributed by atoms with E-state index in [-0.39, 0.29) is 5.41 Å². The highest BCUT2D eigenvalue weighted by atomic mass is 16.3. The fraction of sp³-hybridized carbons (Fsp3) is 0.333. The molecule has 1 aliphatic carbocycles. The second kappa shape index (κ2) is 2.38. The number of benzene rings is 1. The minimum atomic E-state index is 0.216. The molecule has 1 heteroatoms. The summed E-state index contributed by atoms with van der Waals surface area (Å²) >= 11 is 0. The molecular formula is C12H14O. The summed E-state index contributed by atoms with van der Waals surface area (Å²) in [6, 6.07) is 7.45. The Bertz CT molecular complexity index is 363. The van der Waals surface area contributed by atoms with Crippen LogP contribution in [-0.2, 0) is 0 Å². The van der Waals surface area contributed by atoms with E-state index >= 15 is 0 Å². The lowest BCUT2D eigenvalue weighted by Gasteiger charge is -2.02. The van der Waals surface area contributed by atoms with Gasteiger partial charge < -0.3 is 5.11 Å². The summed E-state index contributed by atoms with van der Waals surface area (Å²) in [7, 11) is 0. The van der Waals surface area contributed by atoms with Gasteiger partial charge in [-0.3, -0.25) is 0 Å². The van der Waals surface area contributed by atoms with Gasteiger partial charge in [0.15, 0.2) is 0 Å². The van der Waals surface area contributed by atoms with Gasteiger partial charge in [0.25, 0.3) is 0 Å². The number of allylic oxidation sites excluding steroid dienone is 1. The Morgan fingerprint density at radius 1 is 1.38 bits per heavy atom. The molecule has 1 aromatic rings. The van der Waals surface area contributed by atoms with Crippen molar-refractivity contribution in [1.82, 2.24) is 0 Å². The van der Waals surface area contributed by atoms with E-state index in [1.807, 2.05) is 18.2 Å². The molecule has 1 fully saturated rings. The second-order valence-electron chi connectivity index (χ2n) is 4.27. The molecule has 0 heterocycles. The lowest BCUT2D eigenvalue weighted by molar-refractivity contribution is 0.474. The van der Waals surface area contributed by atoms with Crippen molar-refractivity contribution >= 4 is 0 Å². The smallest absolute Gasteiger partial charge is 0.115 e. The van der Waals surface area contributed by atoms with Crippen LogP contribution in [0.3, 0.4) is 0 Å². The Balaban J connectivity index is 2.35. The van der Waals surface area contributed by atoms with Crippen LogP contribution in [0.1, 0.15) is 25.3 Å². The number of aromatic hydroxyl groups is 1. The third-order valence-electron chi connectivity index (χ3n) is 3.02. The quantitative estimate of drug-likeness (QED) is 0.649. The molecule has 1 saturated carbocycles. The van der Waals surface area contributed by atoms with Crippen molar-refractivity contribution in [2.45, 2.75) is 19.8 Å². The predicted octanol–water partition coefficient (Wildman–Crippen LogP) is 3.07. The summed E-state index contributed by atoms with van der Waals surface area (Å²) < 4.78 is 0. The Morgan fingerprint density at radius 2 is 2.00 bits per heavy atom. The highest BCUT2D eigenvalue weighted by Gasteiger charge is 2.51. The van der Waals surface area contributed by atoms with Crippen molar-refractivity contribution in [3.8, 4) is 5.75 Å². The van der Waals surface area contributed by atoms with Crippen molar-refractivity contribution in [1.29, 1.82) is 0 Å². The summed E-state index contributed by atoms with van der Waals surface area (Å²) in [4.78, 5) is 0. The fourth-order valence-electron chi connectivity index (χ4n) is 1.96. The van der Waals surface area contributed by atoms with E-state index < -0.39 is 0 Å². The third kappa shape index (κ3) is 1.15. The maximum absolute atomic E-state index is 9.32. The standard InChI is InChI=1S/C12H14O/c1-8-11(12(8,2)3)9-5-4-6-10(13)7-9/h4-7,11,13H,1H2,2-3H3. The molecule has 0 radical (unpaired) electrons. The van der Waals surface area contributed by atoms with Crippen molar-refractivity contribution in [3.05, 3.63) is 42.0 Å². The van der Waals surface area contributed by atoms with Gasteiger partial charge in [-0.2, -0.15) is 0 Å². The minimum absolute atomic E-state index is 0.216. The average molecular weight is 174 g/mol.